The summed E-state index contributed by atoms with van der Waals surface area (Å²) in [6.45, 7) is 11.7. The average Bonchev–Trinajstić information content (AvgIpc) is 3.22. The Bertz CT molecular complexity index is 783. The lowest BCUT2D eigenvalue weighted by atomic mass is 10.0. The molecule has 3 N–H and O–H groups in total. The lowest BCUT2D eigenvalue weighted by molar-refractivity contribution is -1.02. The zero-order valence-electron chi connectivity index (χ0n) is 18.1. The second-order valence-corrected chi connectivity index (χ2v) is 9.45. The molecule has 1 fully saturated rings. The third-order valence-corrected chi connectivity index (χ3v) is 6.76. The highest BCUT2D eigenvalue weighted by molar-refractivity contribution is 7.10. The Kier molecular flexibility index (Phi) is 7.70. The maximum atomic E-state index is 12.5. The summed E-state index contributed by atoms with van der Waals surface area (Å²) in [5.41, 5.74) is 2.28. The molecule has 0 saturated carbocycles. The van der Waals surface area contributed by atoms with Gasteiger partial charge >= 0.3 is 0 Å². The summed E-state index contributed by atoms with van der Waals surface area (Å²) >= 11 is 1.78. The number of rotatable bonds is 8. The predicted molar refractivity (Wildman–Crippen MR) is 118 cm³/mol. The van der Waals surface area contributed by atoms with Gasteiger partial charge in [-0.25, -0.2) is 0 Å². The number of carbonyl (C=O) groups is 1. The van der Waals surface area contributed by atoms with E-state index in [-0.39, 0.29) is 12.5 Å². The Labute approximate surface area is 178 Å². The number of ether oxygens (including phenoxy) is 1. The van der Waals surface area contributed by atoms with Crippen molar-refractivity contribution in [2.24, 2.45) is 0 Å². The molecule has 29 heavy (non-hydrogen) atoms. The molecule has 158 valence electrons. The van der Waals surface area contributed by atoms with E-state index in [9.17, 15) is 4.79 Å². The largest absolute Gasteiger partial charge is 0.483 e. The van der Waals surface area contributed by atoms with Crippen LogP contribution in [0.15, 0.2) is 35.7 Å². The Morgan fingerprint density at radius 1 is 1.21 bits per heavy atom. The zero-order chi connectivity index (χ0) is 20.8. The van der Waals surface area contributed by atoms with Gasteiger partial charge in [-0.1, -0.05) is 32.0 Å². The van der Waals surface area contributed by atoms with Crippen LogP contribution in [0.2, 0.25) is 0 Å². The van der Waals surface area contributed by atoms with Gasteiger partial charge in [-0.3, -0.25) is 4.79 Å². The first-order valence-electron chi connectivity index (χ1n) is 10.6. The van der Waals surface area contributed by atoms with Crippen LogP contribution in [0, 0.1) is 6.92 Å². The van der Waals surface area contributed by atoms with Crippen LogP contribution < -0.4 is 19.9 Å². The number of hydrogen-bond acceptors (Lipinski definition) is 3. The fraction of sp³-hybridized carbons (Fsp3) is 0.522. The third-order valence-electron chi connectivity index (χ3n) is 5.78. The first kappa shape index (κ1) is 21.8. The molecule has 0 spiro atoms. The van der Waals surface area contributed by atoms with E-state index < -0.39 is 0 Å². The molecule has 0 radical (unpaired) electrons. The molecule has 2 heterocycles. The van der Waals surface area contributed by atoms with E-state index in [1.165, 1.54) is 18.0 Å². The molecule has 1 atom stereocenters. The first-order chi connectivity index (χ1) is 13.9. The fourth-order valence-electron chi connectivity index (χ4n) is 3.94. The van der Waals surface area contributed by atoms with Crippen LogP contribution in [0.1, 0.15) is 41.8 Å². The molecule has 5 nitrogen and oxygen atoms in total. The molecule has 1 aliphatic heterocycles. The van der Waals surface area contributed by atoms with Crippen LogP contribution in [0.25, 0.3) is 0 Å². The molecule has 6 heteroatoms. The minimum Gasteiger partial charge on any atom is -0.483 e. The van der Waals surface area contributed by atoms with Crippen molar-refractivity contribution in [3.63, 3.8) is 0 Å². The van der Waals surface area contributed by atoms with E-state index in [1.807, 2.05) is 13.0 Å². The zero-order valence-corrected chi connectivity index (χ0v) is 18.9. The number of hydrogen-bond donors (Lipinski definition) is 3. The second kappa shape index (κ2) is 10.2. The van der Waals surface area contributed by atoms with E-state index in [1.54, 1.807) is 21.1 Å². The lowest BCUT2D eigenvalue weighted by Gasteiger charge is -2.33. The SMILES string of the molecule is Cc1ccc(C(C)C)c(OCC(=O)NC[C@H](c2cccs2)[NH+]2CC[NH+](C)CC2)c1. The van der Waals surface area contributed by atoms with Gasteiger partial charge in [0.2, 0.25) is 0 Å². The van der Waals surface area contributed by atoms with Gasteiger partial charge in [0.25, 0.3) is 5.91 Å². The number of nitrogens with one attached hydrogen (secondary N) is 3. The number of benzene rings is 1. The highest BCUT2D eigenvalue weighted by atomic mass is 32.1. The minimum atomic E-state index is -0.0538. The average molecular weight is 418 g/mol. The molecule has 1 aliphatic rings. The van der Waals surface area contributed by atoms with Crippen molar-refractivity contribution < 1.29 is 19.3 Å². The summed E-state index contributed by atoms with van der Waals surface area (Å²) in [7, 11) is 2.26. The van der Waals surface area contributed by atoms with Crippen molar-refractivity contribution in [1.29, 1.82) is 0 Å². The van der Waals surface area contributed by atoms with Crippen molar-refractivity contribution in [3.8, 4) is 5.75 Å². The number of quaternary nitrogens is 2. The van der Waals surface area contributed by atoms with Gasteiger partial charge in [0.05, 0.1) is 18.5 Å². The molecular formula is C23H35N3O2S+2. The Morgan fingerprint density at radius 3 is 2.62 bits per heavy atom. The summed E-state index contributed by atoms with van der Waals surface area (Å²) in [6, 6.07) is 10.8. The number of carbonyl (C=O) groups excluding carboxylic acids is 1. The van der Waals surface area contributed by atoms with Gasteiger partial charge in [-0.15, -0.1) is 11.3 Å². The van der Waals surface area contributed by atoms with E-state index in [2.05, 4.69) is 55.9 Å². The van der Waals surface area contributed by atoms with Crippen molar-refractivity contribution >= 4 is 17.2 Å². The molecule has 1 amide bonds. The summed E-state index contributed by atoms with van der Waals surface area (Å²) in [6.07, 6.45) is 0. The molecule has 1 saturated heterocycles. The van der Waals surface area contributed by atoms with Crippen molar-refractivity contribution in [2.45, 2.75) is 32.7 Å². The maximum absolute atomic E-state index is 12.5. The number of thiophene rings is 1. The quantitative estimate of drug-likeness (QED) is 0.596. The minimum absolute atomic E-state index is 0.0538. The second-order valence-electron chi connectivity index (χ2n) is 8.47. The summed E-state index contributed by atoms with van der Waals surface area (Å²) in [5, 5.41) is 5.25. The summed E-state index contributed by atoms with van der Waals surface area (Å²) < 4.78 is 5.90. The van der Waals surface area contributed by atoms with Crippen LogP contribution >= 0.6 is 11.3 Å². The molecule has 3 rings (SSSR count). The number of likely N-dealkylation sites (N-methyl/N-ethyl adjacent to an activating group) is 1. The standard InChI is InChI=1S/C23H33N3O2S/c1-17(2)19-8-7-18(3)14-21(19)28-16-23(27)24-15-20(22-6-5-13-29-22)26-11-9-25(4)10-12-26/h5-8,13-14,17,20H,9-12,15-16H2,1-4H3,(H,24,27)/p+2/t20-/m1/s1. The lowest BCUT2D eigenvalue weighted by Crippen LogP contribution is -3.27. The van der Waals surface area contributed by atoms with Gasteiger partial charge in [0.15, 0.2) is 6.61 Å². The summed E-state index contributed by atoms with van der Waals surface area (Å²) in [5.74, 6) is 1.12. The number of aryl methyl sites for hydroxylation is 1. The van der Waals surface area contributed by atoms with Crippen LogP contribution in [-0.4, -0.2) is 52.3 Å². The fourth-order valence-corrected chi connectivity index (χ4v) is 4.82. The topological polar surface area (TPSA) is 47.2 Å². The number of amides is 1. The Morgan fingerprint density at radius 2 is 1.97 bits per heavy atom. The van der Waals surface area contributed by atoms with Gasteiger partial charge in [0.1, 0.15) is 38.0 Å². The first-order valence-corrected chi connectivity index (χ1v) is 11.5. The maximum Gasteiger partial charge on any atom is 0.258 e. The Hall–Kier alpha value is -1.89. The molecule has 0 bridgehead atoms. The van der Waals surface area contributed by atoms with Gasteiger partial charge in [-0.2, -0.15) is 0 Å². The van der Waals surface area contributed by atoms with Gasteiger partial charge in [-0.05, 0) is 41.5 Å². The third kappa shape index (κ3) is 6.04. The van der Waals surface area contributed by atoms with Gasteiger partial charge in [0, 0.05) is 0 Å². The van der Waals surface area contributed by atoms with Gasteiger partial charge < -0.3 is 19.9 Å². The van der Waals surface area contributed by atoms with Crippen LogP contribution in [0.3, 0.4) is 0 Å². The van der Waals surface area contributed by atoms with Crippen LogP contribution in [0.4, 0.5) is 0 Å². The molecule has 1 aromatic carbocycles. The summed E-state index contributed by atoms with van der Waals surface area (Å²) in [4.78, 5) is 17.1. The molecule has 2 aromatic rings. The van der Waals surface area contributed by atoms with Crippen LogP contribution in [-0.2, 0) is 4.79 Å². The smallest absolute Gasteiger partial charge is 0.258 e. The highest BCUT2D eigenvalue weighted by Gasteiger charge is 2.30. The van der Waals surface area contributed by atoms with Crippen molar-refractivity contribution in [3.05, 3.63) is 51.7 Å². The van der Waals surface area contributed by atoms with E-state index >= 15 is 0 Å². The number of piperazine rings is 1. The van der Waals surface area contributed by atoms with Crippen molar-refractivity contribution in [1.82, 2.24) is 5.32 Å². The van der Waals surface area contributed by atoms with E-state index in [0.717, 1.165) is 30.0 Å². The predicted octanol–water partition coefficient (Wildman–Crippen LogP) is 0.829. The van der Waals surface area contributed by atoms with E-state index in [4.69, 9.17) is 4.74 Å². The van der Waals surface area contributed by atoms with Crippen LogP contribution in [0.5, 0.6) is 5.75 Å². The molecule has 0 unspecified atom stereocenters. The van der Waals surface area contributed by atoms with E-state index in [0.29, 0.717) is 18.5 Å². The monoisotopic (exact) mass is 417 g/mol. The highest BCUT2D eigenvalue weighted by Crippen LogP contribution is 2.27. The molecule has 1 aromatic heterocycles. The normalized spacial score (nSPS) is 20.4. The molecular weight excluding hydrogens is 382 g/mol. The Balaban J connectivity index is 1.57. The van der Waals surface area contributed by atoms with Crippen molar-refractivity contribution in [2.75, 3.05) is 46.4 Å². The molecule has 0 aliphatic carbocycles.